The molecule has 0 bridgehead atoms. The van der Waals surface area contributed by atoms with E-state index in [1.807, 2.05) is 6.07 Å². The zero-order valence-electron chi connectivity index (χ0n) is 9.35. The van der Waals surface area contributed by atoms with Crippen LogP contribution in [0.3, 0.4) is 0 Å². The molecule has 0 spiro atoms. The molecule has 2 heterocycles. The minimum atomic E-state index is 0.162. The molecule has 16 heavy (non-hydrogen) atoms. The van der Waals surface area contributed by atoms with Gasteiger partial charge in [-0.05, 0) is 31.6 Å². The van der Waals surface area contributed by atoms with E-state index in [0.717, 1.165) is 32.6 Å². The van der Waals surface area contributed by atoms with Crippen LogP contribution in [0.2, 0.25) is 0 Å². The Bertz CT molecular complexity index is 331. The topological polar surface area (TPSA) is 45.2 Å². The third-order valence-corrected chi connectivity index (χ3v) is 2.78. The van der Waals surface area contributed by atoms with Crippen molar-refractivity contribution in [1.82, 2.24) is 15.2 Å². The molecule has 0 aromatic carbocycles. The first-order chi connectivity index (χ1) is 7.86. The minimum absolute atomic E-state index is 0.162. The predicted octanol–water partition coefficient (Wildman–Crippen LogP) is 0.560. The average molecular weight is 219 g/mol. The van der Waals surface area contributed by atoms with Gasteiger partial charge in [-0.15, -0.1) is 0 Å². The number of nitrogens with zero attached hydrogens (tertiary/aromatic N) is 2. The number of Topliss-reactive ketones (excluding diaryl/α,β-unsaturated/α-hetero) is 1. The molecule has 4 heteroatoms. The molecule has 2 rings (SSSR count). The average Bonchev–Trinajstić information content (AvgIpc) is 2.59. The molecule has 4 nitrogen and oxygen atoms in total. The van der Waals surface area contributed by atoms with Crippen molar-refractivity contribution in [3.05, 3.63) is 30.1 Å². The summed E-state index contributed by atoms with van der Waals surface area (Å²) in [5.41, 5.74) is 0.708. The Hall–Kier alpha value is -1.26. The number of ketones is 1. The highest BCUT2D eigenvalue weighted by molar-refractivity contribution is 5.97. The molecule has 1 saturated heterocycles. The summed E-state index contributed by atoms with van der Waals surface area (Å²) >= 11 is 0. The molecule has 0 atom stereocenters. The lowest BCUT2D eigenvalue weighted by molar-refractivity contribution is 0.0934. The van der Waals surface area contributed by atoms with Gasteiger partial charge in [0.1, 0.15) is 0 Å². The lowest BCUT2D eigenvalue weighted by Crippen LogP contribution is -2.33. The van der Waals surface area contributed by atoms with E-state index in [1.165, 1.54) is 0 Å². The van der Waals surface area contributed by atoms with Crippen molar-refractivity contribution < 1.29 is 4.79 Å². The first-order valence-electron chi connectivity index (χ1n) is 5.72. The van der Waals surface area contributed by atoms with E-state index in [2.05, 4.69) is 15.2 Å². The molecular formula is C12H17N3O. The van der Waals surface area contributed by atoms with Crippen LogP contribution in [0.5, 0.6) is 0 Å². The highest BCUT2D eigenvalue weighted by atomic mass is 16.1. The van der Waals surface area contributed by atoms with Crippen LogP contribution in [0.15, 0.2) is 24.5 Å². The lowest BCUT2D eigenvalue weighted by Gasteiger charge is -2.18. The Morgan fingerprint density at radius 1 is 1.44 bits per heavy atom. The molecule has 1 fully saturated rings. The first kappa shape index (κ1) is 11.2. The Kier molecular flexibility index (Phi) is 4.02. The largest absolute Gasteiger partial charge is 0.315 e. The van der Waals surface area contributed by atoms with Crippen LogP contribution >= 0.6 is 0 Å². The fourth-order valence-electron chi connectivity index (χ4n) is 1.88. The second-order valence-corrected chi connectivity index (χ2v) is 4.04. The zero-order chi connectivity index (χ0) is 11.2. The highest BCUT2D eigenvalue weighted by Crippen LogP contribution is 2.02. The number of rotatable bonds is 3. The smallest absolute Gasteiger partial charge is 0.178 e. The van der Waals surface area contributed by atoms with Gasteiger partial charge in [-0.25, -0.2) is 0 Å². The number of aromatic nitrogens is 1. The minimum Gasteiger partial charge on any atom is -0.315 e. The van der Waals surface area contributed by atoms with Crippen LogP contribution in [-0.4, -0.2) is 48.4 Å². The molecule has 1 aromatic heterocycles. The number of nitrogens with one attached hydrogen (secondary N) is 1. The molecule has 1 N–H and O–H groups in total. The molecule has 0 unspecified atom stereocenters. The van der Waals surface area contributed by atoms with Crippen LogP contribution in [0, 0.1) is 0 Å². The van der Waals surface area contributed by atoms with E-state index in [1.54, 1.807) is 18.5 Å². The van der Waals surface area contributed by atoms with Gasteiger partial charge in [0.2, 0.25) is 0 Å². The van der Waals surface area contributed by atoms with Gasteiger partial charge >= 0.3 is 0 Å². The van der Waals surface area contributed by atoms with Crippen LogP contribution in [-0.2, 0) is 0 Å². The second kappa shape index (κ2) is 5.72. The van der Waals surface area contributed by atoms with Crippen LogP contribution in [0.25, 0.3) is 0 Å². The number of pyridine rings is 1. The Labute approximate surface area is 95.7 Å². The van der Waals surface area contributed by atoms with Crippen molar-refractivity contribution in [3.63, 3.8) is 0 Å². The van der Waals surface area contributed by atoms with E-state index in [4.69, 9.17) is 0 Å². The monoisotopic (exact) mass is 219 g/mol. The van der Waals surface area contributed by atoms with Crippen molar-refractivity contribution in [2.45, 2.75) is 6.42 Å². The molecule has 0 radical (unpaired) electrons. The maximum Gasteiger partial charge on any atom is 0.178 e. The summed E-state index contributed by atoms with van der Waals surface area (Å²) in [6, 6.07) is 3.63. The third kappa shape index (κ3) is 3.12. The highest BCUT2D eigenvalue weighted by Gasteiger charge is 2.13. The van der Waals surface area contributed by atoms with E-state index in [0.29, 0.717) is 12.1 Å². The van der Waals surface area contributed by atoms with Crippen molar-refractivity contribution in [2.24, 2.45) is 0 Å². The zero-order valence-corrected chi connectivity index (χ0v) is 9.35. The van der Waals surface area contributed by atoms with Crippen molar-refractivity contribution >= 4 is 5.78 Å². The molecule has 0 saturated carbocycles. The number of carbonyl (C=O) groups is 1. The predicted molar refractivity (Wildman–Crippen MR) is 62.5 cm³/mol. The number of carbonyl (C=O) groups excluding carboxylic acids is 1. The summed E-state index contributed by atoms with van der Waals surface area (Å²) in [4.78, 5) is 18.1. The van der Waals surface area contributed by atoms with E-state index < -0.39 is 0 Å². The second-order valence-electron chi connectivity index (χ2n) is 4.04. The quantitative estimate of drug-likeness (QED) is 0.754. The van der Waals surface area contributed by atoms with Crippen LogP contribution in [0.1, 0.15) is 16.8 Å². The molecule has 1 aliphatic rings. The molecule has 1 aliphatic heterocycles. The van der Waals surface area contributed by atoms with Crippen molar-refractivity contribution in [2.75, 3.05) is 32.7 Å². The Morgan fingerprint density at radius 3 is 3.19 bits per heavy atom. The molecule has 0 aliphatic carbocycles. The summed E-state index contributed by atoms with van der Waals surface area (Å²) in [6.07, 6.45) is 4.44. The fourth-order valence-corrected chi connectivity index (χ4v) is 1.88. The van der Waals surface area contributed by atoms with E-state index >= 15 is 0 Å². The van der Waals surface area contributed by atoms with Gasteiger partial charge < -0.3 is 5.32 Å². The Balaban J connectivity index is 1.91. The number of hydrogen-bond acceptors (Lipinski definition) is 4. The summed E-state index contributed by atoms with van der Waals surface area (Å²) in [7, 11) is 0. The van der Waals surface area contributed by atoms with E-state index in [9.17, 15) is 4.79 Å². The van der Waals surface area contributed by atoms with Crippen LogP contribution < -0.4 is 5.32 Å². The normalized spacial score (nSPS) is 18.0. The lowest BCUT2D eigenvalue weighted by atomic mass is 10.2. The molecule has 86 valence electrons. The summed E-state index contributed by atoms with van der Waals surface area (Å²) in [6.45, 7) is 4.48. The van der Waals surface area contributed by atoms with Crippen molar-refractivity contribution in [3.8, 4) is 0 Å². The SMILES string of the molecule is O=C(CN1CCCNCC1)c1cccnc1. The van der Waals surface area contributed by atoms with Gasteiger partial charge in [-0.3, -0.25) is 14.7 Å². The molecule has 0 amide bonds. The molecule has 1 aromatic rings. The van der Waals surface area contributed by atoms with Gasteiger partial charge in [-0.2, -0.15) is 0 Å². The summed E-state index contributed by atoms with van der Waals surface area (Å²) in [5.74, 6) is 0.162. The van der Waals surface area contributed by atoms with Gasteiger partial charge in [0.05, 0.1) is 6.54 Å². The van der Waals surface area contributed by atoms with E-state index in [-0.39, 0.29) is 5.78 Å². The summed E-state index contributed by atoms with van der Waals surface area (Å²) in [5, 5.41) is 3.32. The molecular weight excluding hydrogens is 202 g/mol. The van der Waals surface area contributed by atoms with Crippen LogP contribution in [0.4, 0.5) is 0 Å². The van der Waals surface area contributed by atoms with Gasteiger partial charge in [0, 0.05) is 31.0 Å². The third-order valence-electron chi connectivity index (χ3n) is 2.78. The standard InChI is InChI=1S/C12H17N3O/c16-12(11-3-1-4-14-9-11)10-15-7-2-5-13-6-8-15/h1,3-4,9,13H,2,5-8,10H2. The fraction of sp³-hybridized carbons (Fsp3) is 0.500. The number of hydrogen-bond donors (Lipinski definition) is 1. The van der Waals surface area contributed by atoms with Crippen molar-refractivity contribution in [1.29, 1.82) is 0 Å². The van der Waals surface area contributed by atoms with Gasteiger partial charge in [-0.1, -0.05) is 0 Å². The first-order valence-corrected chi connectivity index (χ1v) is 5.72. The van der Waals surface area contributed by atoms with Gasteiger partial charge in [0.15, 0.2) is 5.78 Å². The van der Waals surface area contributed by atoms with Gasteiger partial charge in [0.25, 0.3) is 0 Å². The maximum absolute atomic E-state index is 11.9. The summed E-state index contributed by atoms with van der Waals surface area (Å²) < 4.78 is 0. The Morgan fingerprint density at radius 2 is 2.38 bits per heavy atom. The maximum atomic E-state index is 11.9.